The molecule has 20 heavy (non-hydrogen) atoms. The molecule has 1 aromatic rings. The van der Waals surface area contributed by atoms with Gasteiger partial charge in [-0.25, -0.2) is 0 Å². The van der Waals surface area contributed by atoms with Crippen LogP contribution in [0.3, 0.4) is 0 Å². The van der Waals surface area contributed by atoms with E-state index in [0.717, 1.165) is 5.56 Å². The molecule has 0 aliphatic carbocycles. The number of carbonyl (C=O) groups excluding carboxylic acids is 1. The standard InChI is InChI=1S/C14H21O5P/c1-4-18-20(16,19-5-2)13(11-14(15)17-3)12-9-7-6-8-10-12/h6-10,13H,4-5,11H2,1-3H3/t13-/m1/s1. The highest BCUT2D eigenvalue weighted by Gasteiger charge is 2.38. The molecule has 0 aromatic heterocycles. The normalized spacial score (nSPS) is 12.9. The predicted molar refractivity (Wildman–Crippen MR) is 76.7 cm³/mol. The third-order valence-corrected chi connectivity index (χ3v) is 5.25. The van der Waals surface area contributed by atoms with Crippen molar-refractivity contribution in [3.05, 3.63) is 35.9 Å². The molecule has 0 aliphatic rings. The predicted octanol–water partition coefficient (Wildman–Crippen LogP) is 3.56. The SMILES string of the molecule is CCOP(=O)(OCC)[C@H](CC(=O)OC)c1ccccc1. The molecule has 0 heterocycles. The van der Waals surface area contributed by atoms with Gasteiger partial charge in [0.15, 0.2) is 0 Å². The Morgan fingerprint density at radius 2 is 1.70 bits per heavy atom. The summed E-state index contributed by atoms with van der Waals surface area (Å²) in [6.07, 6.45) is -0.0439. The molecule has 0 aliphatic heterocycles. The number of ether oxygens (including phenoxy) is 1. The van der Waals surface area contributed by atoms with E-state index >= 15 is 0 Å². The zero-order chi connectivity index (χ0) is 15.0. The highest BCUT2D eigenvalue weighted by molar-refractivity contribution is 7.54. The first kappa shape index (κ1) is 16.9. The van der Waals surface area contributed by atoms with Crippen molar-refractivity contribution in [1.29, 1.82) is 0 Å². The summed E-state index contributed by atoms with van der Waals surface area (Å²) in [7, 11) is -2.12. The van der Waals surface area contributed by atoms with Gasteiger partial charge in [-0.15, -0.1) is 0 Å². The lowest BCUT2D eigenvalue weighted by Gasteiger charge is -2.25. The Morgan fingerprint density at radius 3 is 2.15 bits per heavy atom. The molecule has 0 amide bonds. The monoisotopic (exact) mass is 300 g/mol. The first-order chi connectivity index (χ1) is 9.57. The quantitative estimate of drug-likeness (QED) is 0.542. The Kier molecular flexibility index (Phi) is 6.93. The maximum Gasteiger partial charge on any atom is 0.338 e. The Hall–Kier alpha value is -1.16. The first-order valence-electron chi connectivity index (χ1n) is 6.58. The zero-order valence-electron chi connectivity index (χ0n) is 12.1. The highest BCUT2D eigenvalue weighted by atomic mass is 31.2. The summed E-state index contributed by atoms with van der Waals surface area (Å²) in [5, 5.41) is 0. The van der Waals surface area contributed by atoms with Gasteiger partial charge in [0.2, 0.25) is 0 Å². The molecule has 0 radical (unpaired) electrons. The van der Waals surface area contributed by atoms with E-state index in [2.05, 4.69) is 4.74 Å². The summed E-state index contributed by atoms with van der Waals surface area (Å²) in [6.45, 7) is 3.99. The largest absolute Gasteiger partial charge is 0.469 e. The van der Waals surface area contributed by atoms with Gasteiger partial charge in [-0.1, -0.05) is 30.3 Å². The second kappa shape index (κ2) is 8.20. The van der Waals surface area contributed by atoms with Gasteiger partial charge in [0.05, 0.1) is 32.4 Å². The Balaban J connectivity index is 3.14. The third-order valence-electron chi connectivity index (χ3n) is 2.77. The summed E-state index contributed by atoms with van der Waals surface area (Å²) in [5.74, 6) is -0.446. The number of benzene rings is 1. The van der Waals surface area contributed by atoms with Crippen LogP contribution in [-0.2, 0) is 23.1 Å². The van der Waals surface area contributed by atoms with Crippen LogP contribution >= 0.6 is 7.60 Å². The van der Waals surface area contributed by atoms with Crippen molar-refractivity contribution in [2.24, 2.45) is 0 Å². The number of rotatable bonds is 8. The third kappa shape index (κ3) is 4.44. The molecule has 0 spiro atoms. The molecule has 1 rings (SSSR count). The van der Waals surface area contributed by atoms with E-state index in [1.165, 1.54) is 7.11 Å². The summed E-state index contributed by atoms with van der Waals surface area (Å²) in [6, 6.07) is 9.10. The molecular weight excluding hydrogens is 279 g/mol. The maximum atomic E-state index is 12.9. The molecule has 0 saturated carbocycles. The van der Waals surface area contributed by atoms with E-state index in [0.29, 0.717) is 0 Å². The number of hydrogen-bond acceptors (Lipinski definition) is 5. The van der Waals surface area contributed by atoms with Gasteiger partial charge in [-0.2, -0.15) is 0 Å². The Bertz CT molecular complexity index is 450. The lowest BCUT2D eigenvalue weighted by Crippen LogP contribution is -2.12. The van der Waals surface area contributed by atoms with Crippen LogP contribution < -0.4 is 0 Å². The molecule has 0 unspecified atom stereocenters. The lowest BCUT2D eigenvalue weighted by molar-refractivity contribution is -0.140. The lowest BCUT2D eigenvalue weighted by atomic mass is 10.1. The summed E-state index contributed by atoms with van der Waals surface area (Å²) in [4.78, 5) is 11.6. The van der Waals surface area contributed by atoms with Gasteiger partial charge in [0.25, 0.3) is 0 Å². The van der Waals surface area contributed by atoms with Crippen molar-refractivity contribution in [2.45, 2.75) is 25.9 Å². The van der Waals surface area contributed by atoms with E-state index in [-0.39, 0.29) is 19.6 Å². The molecule has 0 saturated heterocycles. The second-order valence-electron chi connectivity index (χ2n) is 4.08. The van der Waals surface area contributed by atoms with Crippen molar-refractivity contribution < 1.29 is 23.1 Å². The van der Waals surface area contributed by atoms with E-state index in [1.54, 1.807) is 26.0 Å². The molecule has 1 atom stereocenters. The number of hydrogen-bond donors (Lipinski definition) is 0. The van der Waals surface area contributed by atoms with Crippen molar-refractivity contribution in [1.82, 2.24) is 0 Å². The van der Waals surface area contributed by atoms with Gasteiger partial charge in [0, 0.05) is 0 Å². The minimum Gasteiger partial charge on any atom is -0.469 e. The minimum atomic E-state index is -3.42. The molecule has 5 nitrogen and oxygen atoms in total. The van der Waals surface area contributed by atoms with Crippen LogP contribution in [0, 0.1) is 0 Å². The topological polar surface area (TPSA) is 61.8 Å². The molecular formula is C14H21O5P. The van der Waals surface area contributed by atoms with E-state index < -0.39 is 19.2 Å². The highest BCUT2D eigenvalue weighted by Crippen LogP contribution is 2.62. The minimum absolute atomic E-state index is 0.0439. The van der Waals surface area contributed by atoms with Crippen LogP contribution in [0.5, 0.6) is 0 Å². The number of carbonyl (C=O) groups is 1. The van der Waals surface area contributed by atoms with E-state index in [4.69, 9.17) is 9.05 Å². The second-order valence-corrected chi connectivity index (χ2v) is 6.30. The van der Waals surface area contributed by atoms with E-state index in [1.807, 2.05) is 18.2 Å². The Morgan fingerprint density at radius 1 is 1.15 bits per heavy atom. The zero-order valence-corrected chi connectivity index (χ0v) is 13.0. The van der Waals surface area contributed by atoms with Crippen LogP contribution in [0.15, 0.2) is 30.3 Å². The molecule has 6 heteroatoms. The maximum absolute atomic E-state index is 12.9. The van der Waals surface area contributed by atoms with Crippen LogP contribution in [0.1, 0.15) is 31.5 Å². The van der Waals surface area contributed by atoms with Gasteiger partial charge in [-0.3, -0.25) is 9.36 Å². The summed E-state index contributed by atoms with van der Waals surface area (Å²) < 4.78 is 28.3. The van der Waals surface area contributed by atoms with Crippen LogP contribution in [0.4, 0.5) is 0 Å². The average Bonchev–Trinajstić information content (AvgIpc) is 2.45. The van der Waals surface area contributed by atoms with Gasteiger partial charge < -0.3 is 13.8 Å². The number of esters is 1. The summed E-state index contributed by atoms with van der Waals surface area (Å²) in [5.41, 5.74) is 0.0826. The van der Waals surface area contributed by atoms with Crippen LogP contribution in [0.25, 0.3) is 0 Å². The first-order valence-corrected chi connectivity index (χ1v) is 8.19. The fourth-order valence-electron chi connectivity index (χ4n) is 1.91. The number of methoxy groups -OCH3 is 1. The van der Waals surface area contributed by atoms with Crippen molar-refractivity contribution in [3.8, 4) is 0 Å². The van der Waals surface area contributed by atoms with Crippen molar-refractivity contribution in [3.63, 3.8) is 0 Å². The molecule has 0 fully saturated rings. The molecule has 0 N–H and O–H groups in total. The fourth-order valence-corrected chi connectivity index (χ4v) is 3.97. The van der Waals surface area contributed by atoms with Crippen molar-refractivity contribution in [2.75, 3.05) is 20.3 Å². The summed E-state index contributed by atoms with van der Waals surface area (Å²) >= 11 is 0. The molecule has 112 valence electrons. The van der Waals surface area contributed by atoms with Crippen molar-refractivity contribution >= 4 is 13.6 Å². The van der Waals surface area contributed by atoms with Gasteiger partial charge >= 0.3 is 13.6 Å². The smallest absolute Gasteiger partial charge is 0.338 e. The Labute approximate surface area is 119 Å². The van der Waals surface area contributed by atoms with Crippen LogP contribution in [0.2, 0.25) is 0 Å². The fraction of sp³-hybridized carbons (Fsp3) is 0.500. The van der Waals surface area contributed by atoms with Gasteiger partial charge in [-0.05, 0) is 19.4 Å². The van der Waals surface area contributed by atoms with E-state index in [9.17, 15) is 9.36 Å². The molecule has 0 bridgehead atoms. The van der Waals surface area contributed by atoms with Gasteiger partial charge in [0.1, 0.15) is 0 Å². The average molecular weight is 300 g/mol. The van der Waals surface area contributed by atoms with Crippen LogP contribution in [-0.4, -0.2) is 26.3 Å². The molecule has 1 aromatic carbocycles.